The Morgan fingerprint density at radius 2 is 0.984 bits per heavy atom. The van der Waals surface area contributed by atoms with Crippen molar-refractivity contribution in [3.8, 4) is 0 Å². The smallest absolute Gasteiger partial charge is 0.268 e. The summed E-state index contributed by atoms with van der Waals surface area (Å²) < 4.78 is 23.2. The SMILES string of the molecule is C/C=C/CC/C=C/CC/C=C/CCCC(O)C(O)C(COP(=O)([O-])OCC[N+](C)(C)C)NC(=O)CCCCCCCCCCCCCCCCC/C=C\CCCCCCCCCC. The van der Waals surface area contributed by atoms with E-state index in [0.29, 0.717) is 30.3 Å². The molecule has 0 saturated heterocycles. The summed E-state index contributed by atoms with van der Waals surface area (Å²) in [5, 5.41) is 24.6. The molecule has 0 aromatic carbocycles. The van der Waals surface area contributed by atoms with Gasteiger partial charge in [0.15, 0.2) is 0 Å². The summed E-state index contributed by atoms with van der Waals surface area (Å²) in [5.74, 6) is -0.294. The van der Waals surface area contributed by atoms with Crippen LogP contribution in [0.4, 0.5) is 0 Å². The van der Waals surface area contributed by atoms with E-state index in [-0.39, 0.29) is 18.9 Å². The topological polar surface area (TPSA) is 128 Å². The first kappa shape index (κ1) is 61.4. The number of phosphoric ester groups is 1. The first-order valence-electron chi connectivity index (χ1n) is 26.0. The quantitative estimate of drug-likeness (QED) is 0.0240. The maximum absolute atomic E-state index is 12.9. The molecule has 3 N–H and O–H groups in total. The number of hydrogen-bond acceptors (Lipinski definition) is 7. The summed E-state index contributed by atoms with van der Waals surface area (Å²) in [6, 6.07) is -1.10. The number of hydrogen-bond donors (Lipinski definition) is 3. The van der Waals surface area contributed by atoms with Crippen molar-refractivity contribution >= 4 is 13.7 Å². The molecular weight excluding hydrogens is 808 g/mol. The monoisotopic (exact) mass is 909 g/mol. The standard InChI is InChI=1S/C53H101N2O7P/c1-6-8-10-12-14-16-18-20-21-22-23-24-25-26-27-28-29-30-31-32-33-34-36-38-40-42-44-46-52(57)54-50(49-62-63(59,60)61-48-47-55(3,4)5)53(58)51(56)45-43-41-39-37-35-19-17-15-13-11-9-7-2/h7,9,15,17,22-23,37,39,50-51,53,56,58H,6,8,10-14,16,18-21,24-36,38,40-49H2,1-5H3,(H-,54,57,59,60)/b9-7+,17-15+,23-22-,39-37+. The molecule has 10 heteroatoms. The van der Waals surface area contributed by atoms with Gasteiger partial charge in [-0.05, 0) is 84.0 Å². The van der Waals surface area contributed by atoms with Gasteiger partial charge in [-0.25, -0.2) is 0 Å². The molecule has 0 bridgehead atoms. The second kappa shape index (κ2) is 44.3. The molecular formula is C53H101N2O7P. The van der Waals surface area contributed by atoms with E-state index in [1.807, 2.05) is 28.1 Å². The zero-order valence-corrected chi connectivity index (χ0v) is 42.5. The van der Waals surface area contributed by atoms with E-state index >= 15 is 0 Å². The Morgan fingerprint density at radius 3 is 1.43 bits per heavy atom. The molecule has 4 atom stereocenters. The molecule has 0 radical (unpaired) electrons. The summed E-state index contributed by atoms with van der Waals surface area (Å²) in [5.41, 5.74) is 0. The molecule has 0 aliphatic heterocycles. The molecule has 0 aromatic heterocycles. The fraction of sp³-hybridized carbons (Fsp3) is 0.830. The van der Waals surface area contributed by atoms with Gasteiger partial charge < -0.3 is 34.0 Å². The first-order valence-corrected chi connectivity index (χ1v) is 27.5. The van der Waals surface area contributed by atoms with Crippen LogP contribution in [0.3, 0.4) is 0 Å². The molecule has 370 valence electrons. The highest BCUT2D eigenvalue weighted by Crippen LogP contribution is 2.38. The van der Waals surface area contributed by atoms with Gasteiger partial charge in [-0.2, -0.15) is 0 Å². The highest BCUT2D eigenvalue weighted by molar-refractivity contribution is 7.45. The summed E-state index contributed by atoms with van der Waals surface area (Å²) >= 11 is 0. The Balaban J connectivity index is 4.23. The van der Waals surface area contributed by atoms with Crippen molar-refractivity contribution in [2.24, 2.45) is 0 Å². The van der Waals surface area contributed by atoms with Crippen molar-refractivity contribution < 1.29 is 38.0 Å². The Hall–Kier alpha value is -1.58. The van der Waals surface area contributed by atoms with Crippen molar-refractivity contribution in [1.82, 2.24) is 5.32 Å². The van der Waals surface area contributed by atoms with Gasteiger partial charge in [-0.15, -0.1) is 0 Å². The van der Waals surface area contributed by atoms with Crippen molar-refractivity contribution in [2.45, 2.75) is 244 Å². The zero-order chi connectivity index (χ0) is 46.5. The van der Waals surface area contributed by atoms with Crippen LogP contribution < -0.4 is 10.2 Å². The summed E-state index contributed by atoms with van der Waals surface area (Å²) in [7, 11) is 1.09. The molecule has 9 nitrogen and oxygen atoms in total. The molecule has 0 rings (SSSR count). The summed E-state index contributed by atoms with van der Waals surface area (Å²) in [6.07, 6.45) is 53.3. The number of nitrogens with zero attached hydrogens (tertiary/aromatic N) is 1. The fourth-order valence-electron chi connectivity index (χ4n) is 7.52. The lowest BCUT2D eigenvalue weighted by atomic mass is 10.0. The number of carbonyl (C=O) groups excluding carboxylic acids is 1. The van der Waals surface area contributed by atoms with E-state index in [1.54, 1.807) is 0 Å². The van der Waals surface area contributed by atoms with E-state index in [1.165, 1.54) is 135 Å². The number of aliphatic hydroxyl groups excluding tert-OH is 2. The molecule has 0 heterocycles. The Kier molecular flexibility index (Phi) is 43.2. The minimum absolute atomic E-state index is 0.0506. The number of carbonyl (C=O) groups is 1. The highest BCUT2D eigenvalue weighted by atomic mass is 31.2. The molecule has 0 saturated carbocycles. The second-order valence-corrected chi connectivity index (χ2v) is 20.4. The Bertz CT molecular complexity index is 1180. The molecule has 0 aliphatic rings. The van der Waals surface area contributed by atoms with E-state index in [2.05, 4.69) is 60.8 Å². The van der Waals surface area contributed by atoms with Gasteiger partial charge in [-0.3, -0.25) is 9.36 Å². The van der Waals surface area contributed by atoms with Crippen LogP contribution in [0, 0.1) is 0 Å². The predicted molar refractivity (Wildman–Crippen MR) is 267 cm³/mol. The number of phosphoric acid groups is 1. The molecule has 0 spiro atoms. The minimum Gasteiger partial charge on any atom is -0.756 e. The summed E-state index contributed by atoms with van der Waals surface area (Å²) in [6.45, 7) is 4.20. The van der Waals surface area contributed by atoms with Gasteiger partial charge >= 0.3 is 0 Å². The molecule has 0 aromatic rings. The first-order chi connectivity index (χ1) is 30.4. The third-order valence-corrected chi connectivity index (χ3v) is 12.6. The van der Waals surface area contributed by atoms with Crippen LogP contribution in [-0.4, -0.2) is 79.8 Å². The molecule has 63 heavy (non-hydrogen) atoms. The number of quaternary nitrogens is 1. The lowest BCUT2D eigenvalue weighted by Gasteiger charge is -2.31. The van der Waals surface area contributed by atoms with Crippen LogP contribution in [0.15, 0.2) is 48.6 Å². The van der Waals surface area contributed by atoms with Gasteiger partial charge in [-0.1, -0.05) is 184 Å². The normalized spacial score (nSPS) is 15.0. The number of aliphatic hydroxyl groups is 2. The van der Waals surface area contributed by atoms with Gasteiger partial charge in [0.05, 0.1) is 39.9 Å². The second-order valence-electron chi connectivity index (χ2n) is 19.0. The van der Waals surface area contributed by atoms with Crippen LogP contribution in [0.25, 0.3) is 0 Å². The number of unbranched alkanes of at least 4 members (excludes halogenated alkanes) is 26. The number of nitrogens with one attached hydrogen (secondary N) is 1. The van der Waals surface area contributed by atoms with Crippen molar-refractivity contribution in [2.75, 3.05) is 40.9 Å². The van der Waals surface area contributed by atoms with Crippen molar-refractivity contribution in [3.63, 3.8) is 0 Å². The van der Waals surface area contributed by atoms with E-state index < -0.39 is 32.7 Å². The van der Waals surface area contributed by atoms with Crippen LogP contribution >= 0.6 is 7.82 Å². The highest BCUT2D eigenvalue weighted by Gasteiger charge is 2.29. The number of allylic oxidation sites excluding steroid dienone is 8. The van der Waals surface area contributed by atoms with Crippen molar-refractivity contribution in [3.05, 3.63) is 48.6 Å². The van der Waals surface area contributed by atoms with Crippen LogP contribution in [0.2, 0.25) is 0 Å². The van der Waals surface area contributed by atoms with Crippen LogP contribution in [-0.2, 0) is 18.4 Å². The van der Waals surface area contributed by atoms with E-state index in [4.69, 9.17) is 9.05 Å². The lowest BCUT2D eigenvalue weighted by molar-refractivity contribution is -0.870. The molecule has 1 amide bonds. The van der Waals surface area contributed by atoms with Gasteiger partial charge in [0.25, 0.3) is 7.82 Å². The van der Waals surface area contributed by atoms with Gasteiger partial charge in [0.2, 0.25) is 5.91 Å². The van der Waals surface area contributed by atoms with Gasteiger partial charge in [0.1, 0.15) is 19.3 Å². The largest absolute Gasteiger partial charge is 0.756 e. The van der Waals surface area contributed by atoms with Gasteiger partial charge in [0, 0.05) is 6.42 Å². The Morgan fingerprint density at radius 1 is 0.587 bits per heavy atom. The third kappa shape index (κ3) is 45.4. The zero-order valence-electron chi connectivity index (χ0n) is 41.6. The minimum atomic E-state index is -4.68. The number of rotatable bonds is 47. The van der Waals surface area contributed by atoms with E-state index in [0.717, 1.165) is 51.4 Å². The predicted octanol–water partition coefficient (Wildman–Crippen LogP) is 13.5. The Labute approximate surface area is 389 Å². The molecule has 4 unspecified atom stereocenters. The molecule has 0 aliphatic carbocycles. The summed E-state index contributed by atoms with van der Waals surface area (Å²) in [4.78, 5) is 25.4. The third-order valence-electron chi connectivity index (χ3n) is 11.7. The molecule has 0 fully saturated rings. The number of likely N-dealkylation sites (N-methyl/N-ethyl adjacent to an activating group) is 1. The fourth-order valence-corrected chi connectivity index (χ4v) is 8.25. The lowest BCUT2D eigenvalue weighted by Crippen LogP contribution is -2.51. The number of amides is 1. The maximum atomic E-state index is 12.9. The van der Waals surface area contributed by atoms with E-state index in [9.17, 15) is 24.5 Å². The average Bonchev–Trinajstić information content (AvgIpc) is 3.24. The maximum Gasteiger partial charge on any atom is 0.268 e. The average molecular weight is 909 g/mol. The van der Waals surface area contributed by atoms with Crippen molar-refractivity contribution in [1.29, 1.82) is 0 Å². The van der Waals surface area contributed by atoms with Crippen LogP contribution in [0.1, 0.15) is 226 Å². The van der Waals surface area contributed by atoms with Crippen LogP contribution in [0.5, 0.6) is 0 Å².